The van der Waals surface area contributed by atoms with Crippen molar-refractivity contribution in [1.29, 1.82) is 0 Å². The van der Waals surface area contributed by atoms with Crippen molar-refractivity contribution in [3.63, 3.8) is 0 Å². The molecule has 2 heteroatoms. The van der Waals surface area contributed by atoms with Crippen LogP contribution in [0.3, 0.4) is 0 Å². The van der Waals surface area contributed by atoms with Gasteiger partial charge >= 0.3 is 0 Å². The van der Waals surface area contributed by atoms with Crippen LogP contribution in [0.25, 0.3) is 0 Å². The van der Waals surface area contributed by atoms with Crippen LogP contribution in [0.5, 0.6) is 0 Å². The lowest BCUT2D eigenvalue weighted by Crippen LogP contribution is -2.14. The maximum absolute atomic E-state index is 5.89. The summed E-state index contributed by atoms with van der Waals surface area (Å²) in [6, 6.07) is 4.36. The number of thiophene rings is 1. The third-order valence-corrected chi connectivity index (χ3v) is 2.56. The van der Waals surface area contributed by atoms with Crippen LogP contribution in [0.1, 0.15) is 24.8 Å². The molecule has 0 aliphatic carbocycles. The topological polar surface area (TPSA) is 26.0 Å². The number of hydrogen-bond donors (Lipinski definition) is 1. The molecule has 0 radical (unpaired) electrons. The second-order valence-corrected chi connectivity index (χ2v) is 3.76. The van der Waals surface area contributed by atoms with Gasteiger partial charge in [0.05, 0.1) is 0 Å². The summed E-state index contributed by atoms with van der Waals surface area (Å²) in [7, 11) is 0. The van der Waals surface area contributed by atoms with E-state index in [2.05, 4.69) is 25.3 Å². The minimum absolute atomic E-state index is 0.222. The fraction of sp³-hybridized carbons (Fsp3) is 0.500. The quantitative estimate of drug-likeness (QED) is 0.697. The standard InChI is InChI=1S/C8H13NS/c1-6(2)8(9)7-4-3-5-10-7/h3-6,8H,9H2,1-2H3. The zero-order valence-corrected chi connectivity index (χ0v) is 7.19. The molecule has 1 heterocycles. The average molecular weight is 155 g/mol. The normalized spacial score (nSPS) is 14.0. The van der Waals surface area contributed by atoms with Crippen LogP contribution >= 0.6 is 11.3 Å². The fourth-order valence-electron chi connectivity index (χ4n) is 0.809. The summed E-state index contributed by atoms with van der Waals surface area (Å²) in [5.41, 5.74) is 5.89. The molecule has 1 rings (SSSR count). The fourth-order valence-corrected chi connectivity index (χ4v) is 1.71. The van der Waals surface area contributed by atoms with Crippen molar-refractivity contribution in [2.75, 3.05) is 0 Å². The van der Waals surface area contributed by atoms with E-state index in [1.165, 1.54) is 4.88 Å². The van der Waals surface area contributed by atoms with Crippen LogP contribution in [0.2, 0.25) is 0 Å². The van der Waals surface area contributed by atoms with Gasteiger partial charge in [-0.1, -0.05) is 19.9 Å². The second kappa shape index (κ2) is 3.17. The van der Waals surface area contributed by atoms with Gasteiger partial charge in [0.1, 0.15) is 0 Å². The predicted molar refractivity (Wildman–Crippen MR) is 46.1 cm³/mol. The third-order valence-electron chi connectivity index (χ3n) is 1.59. The summed E-state index contributed by atoms with van der Waals surface area (Å²) >= 11 is 1.73. The lowest BCUT2D eigenvalue weighted by molar-refractivity contribution is 0.521. The monoisotopic (exact) mass is 155 g/mol. The van der Waals surface area contributed by atoms with Gasteiger partial charge in [0.2, 0.25) is 0 Å². The lowest BCUT2D eigenvalue weighted by Gasteiger charge is -2.12. The van der Waals surface area contributed by atoms with Crippen LogP contribution in [0, 0.1) is 5.92 Å². The SMILES string of the molecule is CC(C)C(N)c1cccs1. The van der Waals surface area contributed by atoms with Crippen molar-refractivity contribution in [3.05, 3.63) is 22.4 Å². The second-order valence-electron chi connectivity index (χ2n) is 2.79. The van der Waals surface area contributed by atoms with Gasteiger partial charge in [-0.05, 0) is 17.4 Å². The van der Waals surface area contributed by atoms with Gasteiger partial charge in [-0.2, -0.15) is 0 Å². The van der Waals surface area contributed by atoms with Crippen LogP contribution in [-0.4, -0.2) is 0 Å². The van der Waals surface area contributed by atoms with E-state index in [1.807, 2.05) is 6.07 Å². The number of hydrogen-bond acceptors (Lipinski definition) is 2. The van der Waals surface area contributed by atoms with E-state index in [-0.39, 0.29) is 6.04 Å². The van der Waals surface area contributed by atoms with E-state index >= 15 is 0 Å². The maximum atomic E-state index is 5.89. The molecule has 1 aromatic rings. The van der Waals surface area contributed by atoms with Gasteiger partial charge in [-0.3, -0.25) is 0 Å². The zero-order valence-electron chi connectivity index (χ0n) is 6.37. The molecule has 0 fully saturated rings. The summed E-state index contributed by atoms with van der Waals surface area (Å²) in [5.74, 6) is 0.540. The molecule has 0 saturated carbocycles. The van der Waals surface area contributed by atoms with Crippen molar-refractivity contribution >= 4 is 11.3 Å². The van der Waals surface area contributed by atoms with E-state index < -0.39 is 0 Å². The molecule has 0 bridgehead atoms. The van der Waals surface area contributed by atoms with E-state index in [1.54, 1.807) is 11.3 Å². The molecule has 0 saturated heterocycles. The first-order chi connectivity index (χ1) is 4.72. The van der Waals surface area contributed by atoms with Gasteiger partial charge < -0.3 is 5.73 Å². The van der Waals surface area contributed by atoms with Crippen molar-refractivity contribution in [3.8, 4) is 0 Å². The molecular weight excluding hydrogens is 142 g/mol. The molecule has 1 aromatic heterocycles. The molecule has 0 aliphatic heterocycles. The van der Waals surface area contributed by atoms with Crippen LogP contribution in [0.4, 0.5) is 0 Å². The highest BCUT2D eigenvalue weighted by Gasteiger charge is 2.09. The van der Waals surface area contributed by atoms with Crippen molar-refractivity contribution in [2.45, 2.75) is 19.9 Å². The van der Waals surface area contributed by atoms with E-state index in [9.17, 15) is 0 Å². The predicted octanol–water partition coefficient (Wildman–Crippen LogP) is 2.40. The summed E-state index contributed by atoms with van der Waals surface area (Å²) < 4.78 is 0. The molecular formula is C8H13NS. The molecule has 1 nitrogen and oxygen atoms in total. The Balaban J connectivity index is 2.68. The third kappa shape index (κ3) is 1.58. The van der Waals surface area contributed by atoms with Crippen LogP contribution < -0.4 is 5.73 Å². The minimum atomic E-state index is 0.222. The Labute approximate surface area is 65.9 Å². The first-order valence-electron chi connectivity index (χ1n) is 3.51. The maximum Gasteiger partial charge on any atom is 0.0413 e. The highest BCUT2D eigenvalue weighted by Crippen LogP contribution is 2.22. The van der Waals surface area contributed by atoms with Gasteiger partial charge in [0.15, 0.2) is 0 Å². The highest BCUT2D eigenvalue weighted by atomic mass is 32.1. The van der Waals surface area contributed by atoms with E-state index in [0.29, 0.717) is 5.92 Å². The van der Waals surface area contributed by atoms with Gasteiger partial charge in [0.25, 0.3) is 0 Å². The van der Waals surface area contributed by atoms with Crippen molar-refractivity contribution < 1.29 is 0 Å². The Morgan fingerprint density at radius 2 is 2.20 bits per heavy atom. The van der Waals surface area contributed by atoms with Crippen molar-refractivity contribution in [1.82, 2.24) is 0 Å². The Hall–Kier alpha value is -0.340. The number of rotatable bonds is 2. The minimum Gasteiger partial charge on any atom is -0.323 e. The Morgan fingerprint density at radius 3 is 2.60 bits per heavy atom. The van der Waals surface area contributed by atoms with E-state index in [4.69, 9.17) is 5.73 Å². The van der Waals surface area contributed by atoms with Gasteiger partial charge in [0, 0.05) is 10.9 Å². The average Bonchev–Trinajstić information content (AvgIpc) is 2.36. The first kappa shape index (κ1) is 7.76. The van der Waals surface area contributed by atoms with E-state index in [0.717, 1.165) is 0 Å². The smallest absolute Gasteiger partial charge is 0.0413 e. The van der Waals surface area contributed by atoms with Crippen molar-refractivity contribution in [2.24, 2.45) is 11.7 Å². The molecule has 0 spiro atoms. The lowest BCUT2D eigenvalue weighted by atomic mass is 10.0. The molecule has 10 heavy (non-hydrogen) atoms. The Morgan fingerprint density at radius 1 is 1.50 bits per heavy atom. The summed E-state index contributed by atoms with van der Waals surface area (Å²) in [6.45, 7) is 4.29. The summed E-state index contributed by atoms with van der Waals surface area (Å²) in [6.07, 6.45) is 0. The molecule has 56 valence electrons. The molecule has 0 amide bonds. The Kier molecular flexibility index (Phi) is 2.46. The summed E-state index contributed by atoms with van der Waals surface area (Å²) in [4.78, 5) is 1.29. The summed E-state index contributed by atoms with van der Waals surface area (Å²) in [5, 5.41) is 2.07. The van der Waals surface area contributed by atoms with Gasteiger partial charge in [-0.15, -0.1) is 11.3 Å². The first-order valence-corrected chi connectivity index (χ1v) is 4.38. The molecule has 1 unspecified atom stereocenters. The van der Waals surface area contributed by atoms with Crippen LogP contribution in [0.15, 0.2) is 17.5 Å². The molecule has 1 atom stereocenters. The number of nitrogens with two attached hydrogens (primary N) is 1. The van der Waals surface area contributed by atoms with Crippen LogP contribution in [-0.2, 0) is 0 Å². The molecule has 0 aliphatic rings. The largest absolute Gasteiger partial charge is 0.323 e. The highest BCUT2D eigenvalue weighted by molar-refractivity contribution is 7.10. The zero-order chi connectivity index (χ0) is 7.56. The van der Waals surface area contributed by atoms with Gasteiger partial charge in [-0.25, -0.2) is 0 Å². The Bertz CT molecular complexity index is 179. The molecule has 0 aromatic carbocycles. The molecule has 2 N–H and O–H groups in total.